The van der Waals surface area contributed by atoms with Crippen LogP contribution in [-0.2, 0) is 9.53 Å². The van der Waals surface area contributed by atoms with Gasteiger partial charge in [0.2, 0.25) is 5.91 Å². The number of rotatable bonds is 3. The molecule has 1 heterocycles. The number of nitrogens with one attached hydrogen (secondary N) is 2. The van der Waals surface area contributed by atoms with Crippen LogP contribution in [-0.4, -0.2) is 38.8 Å². The van der Waals surface area contributed by atoms with Crippen LogP contribution in [0.5, 0.6) is 0 Å². The molecule has 0 spiro atoms. The molecule has 13 heavy (non-hydrogen) atoms. The molecule has 1 amide bonds. The van der Waals surface area contributed by atoms with E-state index in [1.807, 2.05) is 0 Å². The number of likely N-dealkylation sites (N-methyl/N-ethyl adjacent to an activating group) is 1. The van der Waals surface area contributed by atoms with Crippen molar-refractivity contribution in [3.8, 4) is 0 Å². The SMILES string of the molecule is CNC(=O)C1(COC)CCCN1.Cl. The molecule has 0 aliphatic carbocycles. The fourth-order valence-electron chi connectivity index (χ4n) is 1.67. The van der Waals surface area contributed by atoms with Gasteiger partial charge in [0.25, 0.3) is 0 Å². The molecule has 1 fully saturated rings. The zero-order valence-electron chi connectivity index (χ0n) is 8.05. The Morgan fingerprint density at radius 2 is 2.38 bits per heavy atom. The maximum Gasteiger partial charge on any atom is 0.242 e. The monoisotopic (exact) mass is 208 g/mol. The highest BCUT2D eigenvalue weighted by molar-refractivity contribution is 5.86. The van der Waals surface area contributed by atoms with E-state index in [2.05, 4.69) is 10.6 Å². The first-order chi connectivity index (χ1) is 5.75. The third-order valence-electron chi connectivity index (χ3n) is 2.30. The molecule has 2 N–H and O–H groups in total. The minimum atomic E-state index is -0.469. The lowest BCUT2D eigenvalue weighted by atomic mass is 9.98. The maximum absolute atomic E-state index is 11.5. The van der Waals surface area contributed by atoms with Gasteiger partial charge in [0.1, 0.15) is 5.54 Å². The van der Waals surface area contributed by atoms with Gasteiger partial charge in [-0.1, -0.05) is 0 Å². The number of methoxy groups -OCH3 is 1. The first-order valence-electron chi connectivity index (χ1n) is 4.21. The van der Waals surface area contributed by atoms with Crippen molar-refractivity contribution in [2.45, 2.75) is 18.4 Å². The highest BCUT2D eigenvalue weighted by Gasteiger charge is 2.40. The quantitative estimate of drug-likeness (QED) is 0.683. The van der Waals surface area contributed by atoms with Crippen LogP contribution >= 0.6 is 12.4 Å². The molecule has 0 bridgehead atoms. The van der Waals surface area contributed by atoms with Crippen molar-refractivity contribution < 1.29 is 9.53 Å². The molecule has 0 aromatic carbocycles. The van der Waals surface area contributed by atoms with Crippen molar-refractivity contribution >= 4 is 18.3 Å². The van der Waals surface area contributed by atoms with Crippen LogP contribution in [0.1, 0.15) is 12.8 Å². The molecule has 1 aliphatic heterocycles. The number of ether oxygens (including phenoxy) is 1. The van der Waals surface area contributed by atoms with Crippen LogP contribution in [0.25, 0.3) is 0 Å². The number of carbonyl (C=O) groups is 1. The summed E-state index contributed by atoms with van der Waals surface area (Å²) in [6.07, 6.45) is 1.90. The lowest BCUT2D eigenvalue weighted by Crippen LogP contribution is -2.55. The van der Waals surface area contributed by atoms with Gasteiger partial charge < -0.3 is 15.4 Å². The Balaban J connectivity index is 0.00000144. The highest BCUT2D eigenvalue weighted by atomic mass is 35.5. The fraction of sp³-hybridized carbons (Fsp3) is 0.875. The summed E-state index contributed by atoms with van der Waals surface area (Å²) in [4.78, 5) is 11.5. The number of hydrogen-bond acceptors (Lipinski definition) is 3. The van der Waals surface area contributed by atoms with Gasteiger partial charge in [0.05, 0.1) is 6.61 Å². The topological polar surface area (TPSA) is 50.4 Å². The molecule has 4 nitrogen and oxygen atoms in total. The zero-order valence-corrected chi connectivity index (χ0v) is 8.87. The van der Waals surface area contributed by atoms with E-state index in [0.29, 0.717) is 6.61 Å². The molecular formula is C8H17ClN2O2. The summed E-state index contributed by atoms with van der Waals surface area (Å²) in [5.74, 6) is 0.0295. The molecule has 0 aromatic rings. The molecule has 1 unspecified atom stereocenters. The van der Waals surface area contributed by atoms with Crippen LogP contribution in [0.3, 0.4) is 0 Å². The molecule has 1 saturated heterocycles. The van der Waals surface area contributed by atoms with Crippen LogP contribution in [0.2, 0.25) is 0 Å². The van der Waals surface area contributed by atoms with Crippen molar-refractivity contribution in [1.29, 1.82) is 0 Å². The van der Waals surface area contributed by atoms with E-state index in [-0.39, 0.29) is 18.3 Å². The van der Waals surface area contributed by atoms with Gasteiger partial charge in [0.15, 0.2) is 0 Å². The highest BCUT2D eigenvalue weighted by Crippen LogP contribution is 2.19. The van der Waals surface area contributed by atoms with E-state index in [1.165, 1.54) is 0 Å². The van der Waals surface area contributed by atoms with Crippen molar-refractivity contribution in [3.05, 3.63) is 0 Å². The molecular weight excluding hydrogens is 192 g/mol. The Morgan fingerprint density at radius 1 is 1.69 bits per heavy atom. The summed E-state index contributed by atoms with van der Waals surface area (Å²) in [6, 6.07) is 0. The minimum absolute atomic E-state index is 0. The summed E-state index contributed by atoms with van der Waals surface area (Å²) < 4.78 is 5.03. The van der Waals surface area contributed by atoms with Gasteiger partial charge in [-0.15, -0.1) is 12.4 Å². The molecule has 5 heteroatoms. The van der Waals surface area contributed by atoms with Crippen LogP contribution < -0.4 is 10.6 Å². The van der Waals surface area contributed by atoms with Gasteiger partial charge in [-0.3, -0.25) is 4.79 Å². The van der Waals surface area contributed by atoms with Gasteiger partial charge in [0, 0.05) is 14.2 Å². The largest absolute Gasteiger partial charge is 0.382 e. The first kappa shape index (κ1) is 12.7. The number of halogens is 1. The van der Waals surface area contributed by atoms with E-state index in [1.54, 1.807) is 14.2 Å². The average molecular weight is 209 g/mol. The van der Waals surface area contributed by atoms with Crippen LogP contribution in [0.4, 0.5) is 0 Å². The third kappa shape index (κ3) is 2.56. The van der Waals surface area contributed by atoms with Crippen LogP contribution in [0, 0.1) is 0 Å². The van der Waals surface area contributed by atoms with Gasteiger partial charge >= 0.3 is 0 Å². The first-order valence-corrected chi connectivity index (χ1v) is 4.21. The zero-order chi connectivity index (χ0) is 9.03. The smallest absolute Gasteiger partial charge is 0.242 e. The van der Waals surface area contributed by atoms with Crippen molar-refractivity contribution in [2.75, 3.05) is 27.3 Å². The van der Waals surface area contributed by atoms with E-state index in [4.69, 9.17) is 4.74 Å². The Hall–Kier alpha value is -0.320. The van der Waals surface area contributed by atoms with Crippen LogP contribution in [0.15, 0.2) is 0 Å². The van der Waals surface area contributed by atoms with E-state index < -0.39 is 5.54 Å². The Bertz CT molecular complexity index is 170. The summed E-state index contributed by atoms with van der Waals surface area (Å²) in [7, 11) is 3.27. The van der Waals surface area contributed by atoms with Crippen molar-refractivity contribution in [3.63, 3.8) is 0 Å². The van der Waals surface area contributed by atoms with Gasteiger partial charge in [-0.25, -0.2) is 0 Å². The molecule has 1 aliphatic rings. The van der Waals surface area contributed by atoms with Crippen molar-refractivity contribution in [2.24, 2.45) is 0 Å². The third-order valence-corrected chi connectivity index (χ3v) is 2.30. The predicted octanol–water partition coefficient (Wildman–Crippen LogP) is -0.0772. The molecule has 0 aromatic heterocycles. The van der Waals surface area contributed by atoms with Gasteiger partial charge in [-0.2, -0.15) is 0 Å². The van der Waals surface area contributed by atoms with Gasteiger partial charge in [-0.05, 0) is 19.4 Å². The molecule has 1 atom stereocenters. The standard InChI is InChI=1S/C8H16N2O2.ClH/c1-9-7(11)8(6-12-2)4-3-5-10-8;/h10H,3-6H2,1-2H3,(H,9,11);1H. The second-order valence-corrected chi connectivity index (χ2v) is 3.12. The fourth-order valence-corrected chi connectivity index (χ4v) is 1.67. The predicted molar refractivity (Wildman–Crippen MR) is 53.2 cm³/mol. The maximum atomic E-state index is 11.5. The van der Waals surface area contributed by atoms with E-state index in [9.17, 15) is 4.79 Å². The van der Waals surface area contributed by atoms with E-state index >= 15 is 0 Å². The summed E-state index contributed by atoms with van der Waals surface area (Å²) in [5.41, 5.74) is -0.469. The molecule has 1 rings (SSSR count). The van der Waals surface area contributed by atoms with E-state index in [0.717, 1.165) is 19.4 Å². The number of hydrogen-bond donors (Lipinski definition) is 2. The number of amides is 1. The normalized spacial score (nSPS) is 26.6. The Kier molecular flexibility index (Phi) is 5.29. The number of carbonyl (C=O) groups excluding carboxylic acids is 1. The average Bonchev–Trinajstić information content (AvgIpc) is 2.53. The minimum Gasteiger partial charge on any atom is -0.382 e. The Morgan fingerprint density at radius 3 is 2.77 bits per heavy atom. The summed E-state index contributed by atoms with van der Waals surface area (Å²) in [6.45, 7) is 1.35. The second-order valence-electron chi connectivity index (χ2n) is 3.12. The molecule has 0 saturated carbocycles. The molecule has 0 radical (unpaired) electrons. The summed E-state index contributed by atoms with van der Waals surface area (Å²) in [5, 5.41) is 5.84. The van der Waals surface area contributed by atoms with Crippen molar-refractivity contribution in [1.82, 2.24) is 10.6 Å². The lowest BCUT2D eigenvalue weighted by Gasteiger charge is -2.26. The Labute approximate surface area is 84.8 Å². The lowest BCUT2D eigenvalue weighted by molar-refractivity contribution is -0.128. The molecule has 78 valence electrons. The summed E-state index contributed by atoms with van der Waals surface area (Å²) >= 11 is 0. The second kappa shape index (κ2) is 5.42.